The van der Waals surface area contributed by atoms with E-state index < -0.39 is 43.8 Å². The molecule has 0 spiro atoms. The van der Waals surface area contributed by atoms with Crippen molar-refractivity contribution in [3.63, 3.8) is 0 Å². The molecule has 1 N–H and O–H groups in total. The van der Waals surface area contributed by atoms with E-state index in [0.29, 0.717) is 21.6 Å². The second-order valence-corrected chi connectivity index (χ2v) is 12.8. The fourth-order valence-corrected chi connectivity index (χ4v) is 6.06. The van der Waals surface area contributed by atoms with Gasteiger partial charge in [0.1, 0.15) is 16.9 Å². The van der Waals surface area contributed by atoms with Gasteiger partial charge in [0.15, 0.2) is 0 Å². The van der Waals surface area contributed by atoms with Crippen molar-refractivity contribution in [2.75, 3.05) is 0 Å². The molecular weight excluding hydrogens is 510 g/mol. The zero-order valence-corrected chi connectivity index (χ0v) is 22.2. The van der Waals surface area contributed by atoms with Gasteiger partial charge in [-0.15, -0.1) is 11.3 Å². The zero-order valence-electron chi connectivity index (χ0n) is 20.4. The van der Waals surface area contributed by atoms with Crippen molar-refractivity contribution < 1.29 is 27.1 Å². The third-order valence-corrected chi connectivity index (χ3v) is 7.32. The first-order valence-corrected chi connectivity index (χ1v) is 14.5. The van der Waals surface area contributed by atoms with Crippen molar-refractivity contribution in [2.45, 2.75) is 51.7 Å². The van der Waals surface area contributed by atoms with E-state index in [9.17, 15) is 22.7 Å². The van der Waals surface area contributed by atoms with Gasteiger partial charge < -0.3 is 9.53 Å². The predicted molar refractivity (Wildman–Crippen MR) is 133 cm³/mol. The first kappa shape index (κ1) is 26.5. The Kier molecular flexibility index (Phi) is 6.88. The predicted octanol–water partition coefficient (Wildman–Crippen LogP) is 6.77. The lowest BCUT2D eigenvalue weighted by Gasteiger charge is -2.31. The number of halogens is 4. The molecule has 11 heteroatoms. The average molecular weight is 537 g/mol. The van der Waals surface area contributed by atoms with Gasteiger partial charge in [-0.1, -0.05) is 26.8 Å². The molecule has 0 saturated carbocycles. The van der Waals surface area contributed by atoms with E-state index in [2.05, 4.69) is 10.1 Å². The van der Waals surface area contributed by atoms with E-state index in [1.165, 1.54) is 58.7 Å². The number of hydrogen-bond acceptors (Lipinski definition) is 5. The van der Waals surface area contributed by atoms with Crippen LogP contribution in [-0.4, -0.2) is 35.1 Å². The van der Waals surface area contributed by atoms with E-state index in [-0.39, 0.29) is 5.56 Å². The van der Waals surface area contributed by atoms with Gasteiger partial charge >= 0.3 is 6.18 Å². The van der Waals surface area contributed by atoms with Crippen molar-refractivity contribution >= 4 is 31.3 Å². The Morgan fingerprint density at radius 2 is 1.72 bits per heavy atom. The third kappa shape index (κ3) is 4.84. The Labute approximate surface area is 212 Å². The SMILES string of the molecule is C[Si](C)OC(c1nc(C(O)(c2ccc3c(cnn3-c3ccc(F)cc3)c2)C(F)(F)F)cs1)C(C)(C)C. The van der Waals surface area contributed by atoms with Crippen LogP contribution in [0.1, 0.15) is 43.1 Å². The van der Waals surface area contributed by atoms with Crippen LogP contribution in [-0.2, 0) is 10.0 Å². The summed E-state index contributed by atoms with van der Waals surface area (Å²) in [5.74, 6) is -0.412. The zero-order chi connectivity index (χ0) is 26.5. The number of rotatable bonds is 6. The summed E-state index contributed by atoms with van der Waals surface area (Å²) in [6, 6.07) is 9.51. The van der Waals surface area contributed by atoms with Gasteiger partial charge in [-0.2, -0.15) is 18.3 Å². The minimum absolute atomic E-state index is 0.373. The van der Waals surface area contributed by atoms with E-state index >= 15 is 0 Å². The molecule has 0 bridgehead atoms. The number of nitrogens with zero attached hydrogens (tertiary/aromatic N) is 3. The summed E-state index contributed by atoms with van der Waals surface area (Å²) in [5.41, 5.74) is -3.55. The highest BCUT2D eigenvalue weighted by atomic mass is 32.1. The Hall–Kier alpha value is -2.60. The Morgan fingerprint density at radius 3 is 2.31 bits per heavy atom. The van der Waals surface area contributed by atoms with E-state index in [4.69, 9.17) is 4.43 Å². The lowest BCUT2D eigenvalue weighted by Crippen LogP contribution is -2.43. The second kappa shape index (κ2) is 9.36. The summed E-state index contributed by atoms with van der Waals surface area (Å²) < 4.78 is 64.3. The molecule has 0 fully saturated rings. The van der Waals surface area contributed by atoms with Crippen molar-refractivity contribution in [1.29, 1.82) is 0 Å². The summed E-state index contributed by atoms with van der Waals surface area (Å²) in [6.07, 6.45) is -4.14. The first-order chi connectivity index (χ1) is 16.7. The largest absolute Gasteiger partial charge is 0.427 e. The minimum atomic E-state index is -5.04. The number of thiazole rings is 1. The molecule has 2 heterocycles. The van der Waals surface area contributed by atoms with Crippen LogP contribution >= 0.6 is 11.3 Å². The summed E-state index contributed by atoms with van der Waals surface area (Å²) >= 11 is 1.04. The van der Waals surface area contributed by atoms with Crippen molar-refractivity contribution in [2.24, 2.45) is 5.41 Å². The molecule has 2 aromatic carbocycles. The minimum Gasteiger partial charge on any atom is -0.407 e. The number of alkyl halides is 3. The topological polar surface area (TPSA) is 60.2 Å². The highest BCUT2D eigenvalue weighted by Crippen LogP contribution is 2.47. The van der Waals surface area contributed by atoms with E-state index in [0.717, 1.165) is 11.3 Å². The fourth-order valence-electron chi connectivity index (χ4n) is 3.91. The highest BCUT2D eigenvalue weighted by Gasteiger charge is 2.58. The van der Waals surface area contributed by atoms with Crippen LogP contribution in [0.15, 0.2) is 54.0 Å². The van der Waals surface area contributed by atoms with Crippen molar-refractivity contribution in [1.82, 2.24) is 14.8 Å². The fraction of sp³-hybridized carbons (Fsp3) is 0.360. The number of hydrogen-bond donors (Lipinski definition) is 1. The monoisotopic (exact) mass is 536 g/mol. The summed E-state index contributed by atoms with van der Waals surface area (Å²) in [7, 11) is -1.16. The van der Waals surface area contributed by atoms with Crippen LogP contribution in [0.25, 0.3) is 16.6 Å². The van der Waals surface area contributed by atoms with Crippen molar-refractivity contribution in [3.8, 4) is 5.69 Å². The van der Waals surface area contributed by atoms with Gasteiger partial charge in [0.25, 0.3) is 0 Å². The molecule has 4 aromatic rings. The Balaban J connectivity index is 1.79. The maximum Gasteiger partial charge on any atom is 0.427 e. The van der Waals surface area contributed by atoms with Crippen LogP contribution in [0.5, 0.6) is 0 Å². The standard InChI is InChI=1S/C25H26F4N3O2SSi/c1-23(2,3)21(34-36(4)5)22-31-20(14-35-22)24(33,25(27,28)29)16-6-11-19-15(12-16)13-30-32(19)18-9-7-17(26)8-10-18/h6-14,21,33H,1-5H3. The molecule has 1 radical (unpaired) electrons. The average Bonchev–Trinajstić information content (AvgIpc) is 3.43. The van der Waals surface area contributed by atoms with Crippen LogP contribution in [0.2, 0.25) is 13.1 Å². The summed E-state index contributed by atoms with van der Waals surface area (Å²) in [5, 5.41) is 17.5. The molecule has 0 amide bonds. The number of aliphatic hydroxyl groups is 1. The summed E-state index contributed by atoms with van der Waals surface area (Å²) in [6.45, 7) is 9.71. The first-order valence-electron chi connectivity index (χ1n) is 11.2. The maximum absolute atomic E-state index is 14.5. The van der Waals surface area contributed by atoms with Crippen LogP contribution in [0, 0.1) is 11.2 Å². The molecule has 2 atom stereocenters. The molecule has 5 nitrogen and oxygen atoms in total. The Bertz CT molecular complexity index is 1360. The molecule has 36 heavy (non-hydrogen) atoms. The van der Waals surface area contributed by atoms with Gasteiger partial charge in [0.05, 0.1) is 23.1 Å². The molecule has 2 aromatic heterocycles. The van der Waals surface area contributed by atoms with Gasteiger partial charge in [0, 0.05) is 10.8 Å². The Morgan fingerprint density at radius 1 is 1.06 bits per heavy atom. The maximum atomic E-state index is 14.5. The number of benzene rings is 2. The third-order valence-electron chi connectivity index (χ3n) is 5.72. The molecule has 0 aliphatic rings. The number of aromatic nitrogens is 3. The second-order valence-electron chi connectivity index (χ2n) is 9.86. The molecule has 4 rings (SSSR count). The van der Waals surface area contributed by atoms with Crippen molar-refractivity contribution in [3.05, 3.63) is 76.1 Å². The van der Waals surface area contributed by atoms with Crippen LogP contribution in [0.4, 0.5) is 17.6 Å². The molecular formula is C25H26F4N3O2SSi. The van der Waals surface area contributed by atoms with Gasteiger partial charge in [-0.3, -0.25) is 0 Å². The van der Waals surface area contributed by atoms with Crippen LogP contribution in [0.3, 0.4) is 0 Å². The molecule has 0 aliphatic heterocycles. The van der Waals surface area contributed by atoms with E-state index in [1.54, 1.807) is 0 Å². The van der Waals surface area contributed by atoms with Gasteiger partial charge in [-0.05, 0) is 60.5 Å². The smallest absolute Gasteiger partial charge is 0.407 e. The molecule has 0 aliphatic carbocycles. The normalized spacial score (nSPS) is 15.4. The number of fused-ring (bicyclic) bond motifs is 1. The van der Waals surface area contributed by atoms with Gasteiger partial charge in [-0.25, -0.2) is 14.1 Å². The molecule has 0 saturated heterocycles. The van der Waals surface area contributed by atoms with Crippen LogP contribution < -0.4 is 0 Å². The lowest BCUT2D eigenvalue weighted by atomic mass is 9.88. The summed E-state index contributed by atoms with van der Waals surface area (Å²) in [4.78, 5) is 4.27. The molecule has 191 valence electrons. The van der Waals surface area contributed by atoms with E-state index in [1.807, 2.05) is 33.9 Å². The van der Waals surface area contributed by atoms with Gasteiger partial charge in [0.2, 0.25) is 14.6 Å². The lowest BCUT2D eigenvalue weighted by molar-refractivity contribution is -0.249. The molecule has 2 unspecified atom stereocenters. The highest BCUT2D eigenvalue weighted by molar-refractivity contribution is 7.09. The quantitative estimate of drug-likeness (QED) is 0.218.